The number of likely N-dealkylation sites (tertiary alicyclic amines) is 2. The lowest BCUT2D eigenvalue weighted by molar-refractivity contribution is 0.0963. The van der Waals surface area contributed by atoms with E-state index in [-0.39, 0.29) is 36.1 Å². The molecular weight excluding hydrogens is 521 g/mol. The van der Waals surface area contributed by atoms with E-state index in [9.17, 15) is 4.79 Å². The Morgan fingerprint density at radius 1 is 1.12 bits per heavy atom. The Labute approximate surface area is 208 Å². The normalized spacial score (nSPS) is 18.7. The van der Waals surface area contributed by atoms with Gasteiger partial charge in [0.25, 0.3) is 0 Å². The van der Waals surface area contributed by atoms with Gasteiger partial charge in [-0.2, -0.15) is 0 Å². The van der Waals surface area contributed by atoms with E-state index in [1.807, 2.05) is 19.1 Å². The lowest BCUT2D eigenvalue weighted by Crippen LogP contribution is -2.48. The average molecular weight is 559 g/mol. The highest BCUT2D eigenvalue weighted by atomic mass is 127. The molecule has 3 N–H and O–H groups in total. The number of nitrogens with one attached hydrogen (secondary N) is 1. The summed E-state index contributed by atoms with van der Waals surface area (Å²) in [6.07, 6.45) is 3.79. The number of aliphatic imine (C=N–C) groups is 1. The van der Waals surface area contributed by atoms with Gasteiger partial charge in [0.05, 0.1) is 13.7 Å². The average Bonchev–Trinajstić information content (AvgIpc) is 2.80. The topological polar surface area (TPSA) is 92.4 Å². The molecule has 2 saturated heterocycles. The van der Waals surface area contributed by atoms with Gasteiger partial charge in [-0.05, 0) is 69.3 Å². The third kappa shape index (κ3) is 8.31. The van der Waals surface area contributed by atoms with Gasteiger partial charge >= 0.3 is 6.09 Å². The van der Waals surface area contributed by atoms with Crippen molar-refractivity contribution in [3.8, 4) is 5.75 Å². The summed E-state index contributed by atoms with van der Waals surface area (Å²) in [7, 11) is 1.69. The summed E-state index contributed by atoms with van der Waals surface area (Å²) in [5.74, 6) is 2.00. The molecule has 0 bridgehead atoms. The van der Waals surface area contributed by atoms with Crippen molar-refractivity contribution < 1.29 is 14.3 Å². The standard InChI is InChI=1S/C23H37N5O3.HI/c1-3-31-23(29)28-14-10-20(11-15-28)26-22(24)25-16-18-8-12-27(13-9-18)17-19-4-6-21(30-2)7-5-19;/h4-7,18,20H,3,8-17H2,1-2H3,(H3,24,25,26);1H. The van der Waals surface area contributed by atoms with E-state index in [0.717, 1.165) is 57.6 Å². The lowest BCUT2D eigenvalue weighted by atomic mass is 9.96. The molecule has 0 atom stereocenters. The van der Waals surface area contributed by atoms with Crippen molar-refractivity contribution in [2.75, 3.05) is 46.4 Å². The van der Waals surface area contributed by atoms with Crippen molar-refractivity contribution >= 4 is 36.0 Å². The van der Waals surface area contributed by atoms with Crippen molar-refractivity contribution in [2.45, 2.75) is 45.2 Å². The second-order valence-electron chi connectivity index (χ2n) is 8.40. The maximum atomic E-state index is 11.8. The predicted molar refractivity (Wildman–Crippen MR) is 138 cm³/mol. The molecule has 0 saturated carbocycles. The second kappa shape index (κ2) is 13.7. The number of guanidine groups is 1. The molecule has 0 spiro atoms. The monoisotopic (exact) mass is 559 g/mol. The number of piperidine rings is 2. The van der Waals surface area contributed by atoms with E-state index in [4.69, 9.17) is 15.2 Å². The number of amides is 1. The molecule has 0 unspecified atom stereocenters. The molecule has 1 aromatic carbocycles. The summed E-state index contributed by atoms with van der Waals surface area (Å²) in [4.78, 5) is 20.6. The highest BCUT2D eigenvalue weighted by molar-refractivity contribution is 14.0. The van der Waals surface area contributed by atoms with Crippen LogP contribution in [0.25, 0.3) is 0 Å². The Morgan fingerprint density at radius 3 is 2.38 bits per heavy atom. The first kappa shape index (κ1) is 26.5. The van der Waals surface area contributed by atoms with Crippen LogP contribution in [0.5, 0.6) is 5.75 Å². The highest BCUT2D eigenvalue weighted by Gasteiger charge is 2.24. The maximum Gasteiger partial charge on any atom is 0.409 e. The van der Waals surface area contributed by atoms with E-state index in [1.165, 1.54) is 5.56 Å². The van der Waals surface area contributed by atoms with Gasteiger partial charge < -0.3 is 25.4 Å². The predicted octanol–water partition coefficient (Wildman–Crippen LogP) is 3.05. The van der Waals surface area contributed by atoms with E-state index >= 15 is 0 Å². The molecular formula is C23H38IN5O3. The summed E-state index contributed by atoms with van der Waals surface area (Å²) >= 11 is 0. The zero-order valence-corrected chi connectivity index (χ0v) is 21.6. The van der Waals surface area contributed by atoms with Gasteiger partial charge in [-0.25, -0.2) is 4.79 Å². The molecule has 0 aliphatic carbocycles. The molecule has 0 aromatic heterocycles. The number of nitrogens with two attached hydrogens (primary N) is 1. The third-order valence-corrected chi connectivity index (χ3v) is 6.17. The van der Waals surface area contributed by atoms with Gasteiger partial charge in [0.1, 0.15) is 5.75 Å². The van der Waals surface area contributed by atoms with Gasteiger partial charge in [0, 0.05) is 32.2 Å². The Hall–Kier alpha value is -1.75. The number of carbonyl (C=O) groups excluding carboxylic acids is 1. The number of hydrogen-bond acceptors (Lipinski definition) is 5. The van der Waals surface area contributed by atoms with E-state index in [2.05, 4.69) is 27.3 Å². The largest absolute Gasteiger partial charge is 0.497 e. The first-order valence-electron chi connectivity index (χ1n) is 11.4. The molecule has 3 rings (SSSR count). The quantitative estimate of drug-likeness (QED) is 0.303. The molecule has 32 heavy (non-hydrogen) atoms. The summed E-state index contributed by atoms with van der Waals surface area (Å²) in [6.45, 7) is 7.56. The number of carbonyl (C=O) groups is 1. The van der Waals surface area contributed by atoms with Crippen molar-refractivity contribution in [2.24, 2.45) is 16.6 Å². The number of hydrogen-bond donors (Lipinski definition) is 2. The molecule has 9 heteroatoms. The van der Waals surface area contributed by atoms with Crippen LogP contribution in [0.1, 0.15) is 38.2 Å². The minimum atomic E-state index is -0.221. The number of benzene rings is 1. The zero-order chi connectivity index (χ0) is 22.1. The van der Waals surface area contributed by atoms with Gasteiger partial charge in [-0.3, -0.25) is 9.89 Å². The summed E-state index contributed by atoms with van der Waals surface area (Å²) in [5, 5.41) is 3.33. The zero-order valence-electron chi connectivity index (χ0n) is 19.3. The fraction of sp³-hybridized carbons (Fsp3) is 0.652. The third-order valence-electron chi connectivity index (χ3n) is 6.17. The van der Waals surface area contributed by atoms with Gasteiger partial charge in [-0.15, -0.1) is 24.0 Å². The maximum absolute atomic E-state index is 11.8. The molecule has 2 aliphatic rings. The molecule has 0 radical (unpaired) electrons. The van der Waals surface area contributed by atoms with Crippen LogP contribution in [0.15, 0.2) is 29.3 Å². The number of methoxy groups -OCH3 is 1. The second-order valence-corrected chi connectivity index (χ2v) is 8.40. The summed E-state index contributed by atoms with van der Waals surface area (Å²) in [5.41, 5.74) is 7.45. The molecule has 1 amide bonds. The fourth-order valence-corrected chi connectivity index (χ4v) is 4.22. The van der Waals surface area contributed by atoms with Crippen molar-refractivity contribution in [3.63, 3.8) is 0 Å². The molecule has 1 aromatic rings. The van der Waals surface area contributed by atoms with Gasteiger partial charge in [-0.1, -0.05) is 12.1 Å². The lowest BCUT2D eigenvalue weighted by Gasteiger charge is -2.32. The van der Waals surface area contributed by atoms with E-state index in [1.54, 1.807) is 12.0 Å². The minimum absolute atomic E-state index is 0. The molecule has 2 heterocycles. The SMILES string of the molecule is CCOC(=O)N1CCC(NC(N)=NCC2CCN(Cc3ccc(OC)cc3)CC2)CC1.I. The summed E-state index contributed by atoms with van der Waals surface area (Å²) < 4.78 is 10.3. The van der Waals surface area contributed by atoms with E-state index < -0.39 is 0 Å². The molecule has 8 nitrogen and oxygen atoms in total. The van der Waals surface area contributed by atoms with Crippen LogP contribution in [-0.4, -0.2) is 74.3 Å². The minimum Gasteiger partial charge on any atom is -0.497 e. The van der Waals surface area contributed by atoms with Crippen LogP contribution in [0.4, 0.5) is 4.79 Å². The van der Waals surface area contributed by atoms with Crippen LogP contribution in [0.2, 0.25) is 0 Å². The van der Waals surface area contributed by atoms with Crippen molar-refractivity contribution in [3.05, 3.63) is 29.8 Å². The Bertz CT molecular complexity index is 715. The number of rotatable bonds is 7. The van der Waals surface area contributed by atoms with Gasteiger partial charge in [0.15, 0.2) is 5.96 Å². The van der Waals surface area contributed by atoms with Crippen LogP contribution in [0, 0.1) is 5.92 Å². The van der Waals surface area contributed by atoms with Crippen LogP contribution < -0.4 is 15.8 Å². The Kier molecular flexibility index (Phi) is 11.4. The van der Waals surface area contributed by atoms with Crippen LogP contribution in [0.3, 0.4) is 0 Å². The van der Waals surface area contributed by atoms with Crippen LogP contribution in [-0.2, 0) is 11.3 Å². The van der Waals surface area contributed by atoms with E-state index in [0.29, 0.717) is 31.6 Å². The number of halogens is 1. The first-order valence-corrected chi connectivity index (χ1v) is 11.4. The fourth-order valence-electron chi connectivity index (χ4n) is 4.22. The van der Waals surface area contributed by atoms with Gasteiger partial charge in [0.2, 0.25) is 0 Å². The first-order chi connectivity index (χ1) is 15.1. The molecule has 180 valence electrons. The molecule has 2 aliphatic heterocycles. The summed E-state index contributed by atoms with van der Waals surface area (Å²) in [6, 6.07) is 8.58. The van der Waals surface area contributed by atoms with Crippen molar-refractivity contribution in [1.29, 1.82) is 0 Å². The number of nitrogens with zero attached hydrogens (tertiary/aromatic N) is 3. The van der Waals surface area contributed by atoms with Crippen LogP contribution >= 0.6 is 24.0 Å². The Balaban J connectivity index is 0.00000363. The Morgan fingerprint density at radius 2 is 1.78 bits per heavy atom. The molecule has 2 fully saturated rings. The highest BCUT2D eigenvalue weighted by Crippen LogP contribution is 2.20. The smallest absolute Gasteiger partial charge is 0.409 e. The van der Waals surface area contributed by atoms with Crippen molar-refractivity contribution in [1.82, 2.24) is 15.1 Å². The number of ether oxygens (including phenoxy) is 2.